The van der Waals surface area contributed by atoms with Gasteiger partial charge in [0.05, 0.1) is 11.8 Å². The van der Waals surface area contributed by atoms with Gasteiger partial charge < -0.3 is 15.3 Å². The van der Waals surface area contributed by atoms with E-state index in [9.17, 15) is 9.90 Å². The van der Waals surface area contributed by atoms with E-state index in [0.29, 0.717) is 25.3 Å². The summed E-state index contributed by atoms with van der Waals surface area (Å²) in [6.07, 6.45) is 11.0. The van der Waals surface area contributed by atoms with Crippen LogP contribution in [-0.2, 0) is 4.79 Å². The number of anilines is 1. The number of aromatic nitrogens is 4. The second kappa shape index (κ2) is 11.5. The van der Waals surface area contributed by atoms with Gasteiger partial charge in [0.15, 0.2) is 0 Å². The lowest BCUT2D eigenvalue weighted by Gasteiger charge is -2.36. The van der Waals surface area contributed by atoms with Crippen molar-refractivity contribution >= 4 is 23.5 Å². The fourth-order valence-corrected chi connectivity index (χ4v) is 4.27. The zero-order valence-corrected chi connectivity index (χ0v) is 19.5. The van der Waals surface area contributed by atoms with Gasteiger partial charge in [0.2, 0.25) is 11.9 Å². The van der Waals surface area contributed by atoms with Crippen LogP contribution in [0, 0.1) is 0 Å². The number of hydrogen-bond donors (Lipinski definition) is 2. The van der Waals surface area contributed by atoms with E-state index < -0.39 is 6.10 Å². The largest absolute Gasteiger partial charge is 0.391 e. The molecule has 0 bridgehead atoms. The quantitative estimate of drug-likeness (QED) is 0.579. The van der Waals surface area contributed by atoms with Crippen LogP contribution >= 0.6 is 11.8 Å². The van der Waals surface area contributed by atoms with E-state index >= 15 is 0 Å². The number of rotatable bonds is 10. The summed E-state index contributed by atoms with van der Waals surface area (Å²) in [4.78, 5) is 28.5. The summed E-state index contributed by atoms with van der Waals surface area (Å²) in [5.74, 6) is 2.59. The first-order valence-electron chi connectivity index (χ1n) is 11.1. The van der Waals surface area contributed by atoms with Crippen LogP contribution in [0.5, 0.6) is 0 Å². The van der Waals surface area contributed by atoms with Crippen molar-refractivity contribution in [1.29, 1.82) is 0 Å². The van der Waals surface area contributed by atoms with Crippen LogP contribution in [0.2, 0.25) is 0 Å². The average Bonchev–Trinajstić information content (AvgIpc) is 3.31. The lowest BCUT2D eigenvalue weighted by atomic mass is 9.98. The number of nitrogens with one attached hydrogen (secondary N) is 1. The van der Waals surface area contributed by atoms with Crippen molar-refractivity contribution in [3.63, 3.8) is 0 Å². The summed E-state index contributed by atoms with van der Waals surface area (Å²) in [5.41, 5.74) is 0.972. The number of amides is 1. The zero-order valence-electron chi connectivity index (χ0n) is 18.7. The molecular weight excluding hydrogens is 412 g/mol. The van der Waals surface area contributed by atoms with Gasteiger partial charge in [0.25, 0.3) is 0 Å². The maximum atomic E-state index is 12.6. The van der Waals surface area contributed by atoms with E-state index in [1.165, 1.54) is 0 Å². The number of piperidine rings is 1. The van der Waals surface area contributed by atoms with Gasteiger partial charge in [-0.1, -0.05) is 13.8 Å². The first-order valence-corrected chi connectivity index (χ1v) is 12.4. The molecule has 3 heterocycles. The zero-order chi connectivity index (χ0) is 22.2. The number of carbonyl (C=O) groups is 1. The minimum absolute atomic E-state index is 0.0203. The molecule has 2 atom stereocenters. The molecule has 0 aliphatic carbocycles. The van der Waals surface area contributed by atoms with Crippen molar-refractivity contribution in [3.05, 3.63) is 30.5 Å². The highest BCUT2D eigenvalue weighted by Crippen LogP contribution is 2.28. The Bertz CT molecular complexity index is 829. The third-order valence-electron chi connectivity index (χ3n) is 5.58. The van der Waals surface area contributed by atoms with Gasteiger partial charge in [-0.05, 0) is 43.6 Å². The summed E-state index contributed by atoms with van der Waals surface area (Å²) < 4.78 is 1.82. The maximum absolute atomic E-state index is 12.6. The minimum Gasteiger partial charge on any atom is -0.391 e. The van der Waals surface area contributed by atoms with E-state index in [0.717, 1.165) is 43.1 Å². The molecule has 31 heavy (non-hydrogen) atoms. The van der Waals surface area contributed by atoms with Crippen LogP contribution < -0.4 is 10.2 Å². The molecule has 8 nitrogen and oxygen atoms in total. The predicted octanol–water partition coefficient (Wildman–Crippen LogP) is 2.76. The SMILES string of the molecule is CSCCC(O)CNC(=O)CC1CCCCN1c1cc(C(C)C)nc(-n2ccnc2)n1. The van der Waals surface area contributed by atoms with E-state index in [1.54, 1.807) is 24.3 Å². The normalized spacial score (nSPS) is 17.7. The summed E-state index contributed by atoms with van der Waals surface area (Å²) in [6.45, 7) is 5.41. The van der Waals surface area contributed by atoms with Gasteiger partial charge in [-0.25, -0.2) is 9.97 Å². The number of carbonyl (C=O) groups excluding carboxylic acids is 1. The lowest BCUT2D eigenvalue weighted by molar-refractivity contribution is -0.122. The van der Waals surface area contributed by atoms with Crippen molar-refractivity contribution in [2.45, 2.75) is 64.0 Å². The first kappa shape index (κ1) is 23.5. The summed E-state index contributed by atoms with van der Waals surface area (Å²) >= 11 is 1.70. The Morgan fingerprint density at radius 1 is 1.35 bits per heavy atom. The molecule has 2 unspecified atom stereocenters. The van der Waals surface area contributed by atoms with Gasteiger partial charge in [0.1, 0.15) is 12.1 Å². The minimum atomic E-state index is -0.493. The molecule has 2 aromatic rings. The molecule has 1 aliphatic heterocycles. The molecule has 170 valence electrons. The Kier molecular flexibility index (Phi) is 8.71. The van der Waals surface area contributed by atoms with E-state index in [4.69, 9.17) is 9.97 Å². The van der Waals surface area contributed by atoms with Crippen molar-refractivity contribution in [1.82, 2.24) is 24.8 Å². The van der Waals surface area contributed by atoms with Crippen LogP contribution in [0.3, 0.4) is 0 Å². The van der Waals surface area contributed by atoms with Gasteiger partial charge in [-0.15, -0.1) is 0 Å². The van der Waals surface area contributed by atoms with Crippen LogP contribution in [0.4, 0.5) is 5.82 Å². The third-order valence-corrected chi connectivity index (χ3v) is 6.22. The molecule has 0 radical (unpaired) electrons. The molecule has 1 saturated heterocycles. The first-order chi connectivity index (χ1) is 15.0. The molecule has 2 aromatic heterocycles. The van der Waals surface area contributed by atoms with Crippen LogP contribution in [0.25, 0.3) is 5.95 Å². The molecule has 0 aromatic carbocycles. The summed E-state index contributed by atoms with van der Waals surface area (Å²) in [7, 11) is 0. The van der Waals surface area contributed by atoms with Gasteiger partial charge in [0, 0.05) is 44.0 Å². The molecule has 1 amide bonds. The Morgan fingerprint density at radius 2 is 2.19 bits per heavy atom. The molecule has 0 saturated carbocycles. The fourth-order valence-electron chi connectivity index (χ4n) is 3.76. The number of aliphatic hydroxyl groups is 1. The smallest absolute Gasteiger partial charge is 0.237 e. The van der Waals surface area contributed by atoms with E-state index in [1.807, 2.05) is 23.1 Å². The highest BCUT2D eigenvalue weighted by Gasteiger charge is 2.27. The fraction of sp³-hybridized carbons (Fsp3) is 0.636. The number of thioether (sulfide) groups is 1. The van der Waals surface area contributed by atoms with Crippen molar-refractivity contribution in [2.75, 3.05) is 30.0 Å². The van der Waals surface area contributed by atoms with Gasteiger partial charge in [-0.2, -0.15) is 16.7 Å². The third kappa shape index (κ3) is 6.67. The highest BCUT2D eigenvalue weighted by atomic mass is 32.2. The molecule has 1 aliphatic rings. The predicted molar refractivity (Wildman–Crippen MR) is 125 cm³/mol. The Balaban J connectivity index is 1.73. The second-order valence-corrected chi connectivity index (χ2v) is 9.35. The number of nitrogens with zero attached hydrogens (tertiary/aromatic N) is 5. The summed E-state index contributed by atoms with van der Waals surface area (Å²) in [6, 6.07) is 2.13. The molecule has 3 rings (SSSR count). The monoisotopic (exact) mass is 446 g/mol. The molecule has 1 fully saturated rings. The van der Waals surface area contributed by atoms with Gasteiger partial charge >= 0.3 is 0 Å². The average molecular weight is 447 g/mol. The number of aliphatic hydroxyl groups excluding tert-OH is 1. The Hall–Kier alpha value is -2.13. The van der Waals surface area contributed by atoms with Crippen molar-refractivity contribution in [3.8, 4) is 5.95 Å². The number of imidazole rings is 1. The topological polar surface area (TPSA) is 96.2 Å². The second-order valence-electron chi connectivity index (χ2n) is 8.36. The van der Waals surface area contributed by atoms with Crippen molar-refractivity contribution < 1.29 is 9.90 Å². The van der Waals surface area contributed by atoms with Crippen LogP contribution in [0.1, 0.15) is 57.6 Å². The molecule has 0 spiro atoms. The molecule has 9 heteroatoms. The molecular formula is C22H34N6O2S. The lowest BCUT2D eigenvalue weighted by Crippen LogP contribution is -2.44. The van der Waals surface area contributed by atoms with Crippen LogP contribution in [0.15, 0.2) is 24.8 Å². The highest BCUT2D eigenvalue weighted by molar-refractivity contribution is 7.98. The van der Waals surface area contributed by atoms with Crippen LogP contribution in [-0.4, -0.2) is 67.8 Å². The standard InChI is InChI=1S/C22H34N6O2S/c1-16(2)19-13-20(26-22(25-19)27-10-8-23-15-27)28-9-5-4-6-17(28)12-21(30)24-14-18(29)7-11-31-3/h8,10,13,15-18,29H,4-7,9,11-12,14H2,1-3H3,(H,24,30). The van der Waals surface area contributed by atoms with E-state index in [-0.39, 0.29) is 17.9 Å². The van der Waals surface area contributed by atoms with Gasteiger partial charge in [-0.3, -0.25) is 9.36 Å². The number of hydrogen-bond acceptors (Lipinski definition) is 7. The Morgan fingerprint density at radius 3 is 2.90 bits per heavy atom. The maximum Gasteiger partial charge on any atom is 0.237 e. The van der Waals surface area contributed by atoms with Crippen molar-refractivity contribution in [2.24, 2.45) is 0 Å². The molecule has 2 N–H and O–H groups in total. The summed E-state index contributed by atoms with van der Waals surface area (Å²) in [5, 5.41) is 12.9. The Labute approximate surface area is 188 Å². The van der Waals surface area contributed by atoms with E-state index in [2.05, 4.69) is 29.0 Å².